The number of hydrogen-bond donors (Lipinski definition) is 3. The lowest BCUT2D eigenvalue weighted by molar-refractivity contribution is -0.144. The first-order valence-corrected chi connectivity index (χ1v) is 14.2. The third-order valence-electron chi connectivity index (χ3n) is 6.92. The van der Waals surface area contributed by atoms with E-state index in [-0.39, 0.29) is 23.1 Å². The van der Waals surface area contributed by atoms with Gasteiger partial charge < -0.3 is 25.6 Å². The summed E-state index contributed by atoms with van der Waals surface area (Å²) >= 11 is 1.61. The Kier molecular flexibility index (Phi) is 9.17. The fourth-order valence-electron chi connectivity index (χ4n) is 4.97. The number of ether oxygens (including phenoxy) is 1. The van der Waals surface area contributed by atoms with Crippen molar-refractivity contribution >= 4 is 29.1 Å². The number of aryl methyl sites for hydroxylation is 1. The van der Waals surface area contributed by atoms with E-state index < -0.39 is 18.2 Å². The molecule has 2 saturated heterocycles. The number of carbonyl (C=O) groups excluding carboxylic acids is 3. The largest absolute Gasteiger partial charge is 0.366 e. The number of amides is 3. The van der Waals surface area contributed by atoms with Crippen LogP contribution in [0.3, 0.4) is 0 Å². The number of hydrogen-bond acceptors (Lipinski definition) is 7. The van der Waals surface area contributed by atoms with Crippen LogP contribution in [0, 0.1) is 12.3 Å². The van der Waals surface area contributed by atoms with Crippen molar-refractivity contribution in [2.75, 3.05) is 26.2 Å². The summed E-state index contributed by atoms with van der Waals surface area (Å²) in [5, 5.41) is 9.09. The summed E-state index contributed by atoms with van der Waals surface area (Å²) in [5.74, 6) is -0.671. The summed E-state index contributed by atoms with van der Waals surface area (Å²) < 4.78 is 5.58. The predicted octanol–water partition coefficient (Wildman–Crippen LogP) is 2.64. The lowest BCUT2D eigenvalue weighted by Gasteiger charge is -2.33. The molecule has 0 spiro atoms. The van der Waals surface area contributed by atoms with Crippen molar-refractivity contribution in [3.05, 3.63) is 41.0 Å². The quantitative estimate of drug-likeness (QED) is 0.474. The molecule has 9 nitrogen and oxygen atoms in total. The predicted molar refractivity (Wildman–Crippen MR) is 147 cm³/mol. The molecule has 3 heterocycles. The van der Waals surface area contributed by atoms with E-state index in [0.29, 0.717) is 45.6 Å². The second-order valence-corrected chi connectivity index (χ2v) is 12.1. The fraction of sp³-hybridized carbons (Fsp3) is 0.571. The molecule has 1 aromatic heterocycles. The molecule has 2 aromatic rings. The first kappa shape index (κ1) is 28.2. The highest BCUT2D eigenvalue weighted by atomic mass is 32.1. The van der Waals surface area contributed by atoms with Gasteiger partial charge in [0, 0.05) is 26.2 Å². The van der Waals surface area contributed by atoms with Crippen molar-refractivity contribution < 1.29 is 19.1 Å². The number of carbonyl (C=O) groups is 3. The second-order valence-electron chi connectivity index (χ2n) is 11.3. The minimum Gasteiger partial charge on any atom is -0.366 e. The fourth-order valence-corrected chi connectivity index (χ4v) is 5.79. The number of morpholine rings is 1. The first-order valence-electron chi connectivity index (χ1n) is 13.3. The minimum absolute atomic E-state index is 0.168. The Labute approximate surface area is 228 Å². The smallest absolute Gasteiger partial charge is 0.251 e. The molecule has 10 heteroatoms. The standard InChI is InChI=1S/C28H39N5O4S/c1-18-24(38-17-31-18)20-9-7-19(8-10-20)15-30-25(34)22-6-5-12-33(22)27(36)21(14-28(2,3)4)32-26(35)23-16-29-11-13-37-23/h7-10,17,21-23,29H,5-6,11-16H2,1-4H3,(H,30,34)(H,32,35)/t21-,22-,23?/m0/s1. The van der Waals surface area contributed by atoms with Gasteiger partial charge in [-0.2, -0.15) is 0 Å². The number of likely N-dealkylation sites (tertiary alicyclic amines) is 1. The van der Waals surface area contributed by atoms with Crippen LogP contribution in [0.15, 0.2) is 29.8 Å². The number of benzene rings is 1. The van der Waals surface area contributed by atoms with Gasteiger partial charge in [-0.05, 0) is 42.7 Å². The second kappa shape index (κ2) is 12.4. The van der Waals surface area contributed by atoms with Crippen LogP contribution in [-0.2, 0) is 25.7 Å². The molecule has 38 heavy (non-hydrogen) atoms. The Morgan fingerprint density at radius 3 is 2.61 bits per heavy atom. The van der Waals surface area contributed by atoms with Gasteiger partial charge in [0.15, 0.2) is 0 Å². The van der Waals surface area contributed by atoms with Crippen LogP contribution in [-0.4, -0.2) is 72.0 Å². The third-order valence-corrected chi connectivity index (χ3v) is 7.90. The average Bonchev–Trinajstić information content (AvgIpc) is 3.56. The van der Waals surface area contributed by atoms with Gasteiger partial charge in [-0.25, -0.2) is 4.98 Å². The van der Waals surface area contributed by atoms with Crippen LogP contribution in [0.5, 0.6) is 0 Å². The zero-order valence-corrected chi connectivity index (χ0v) is 23.5. The van der Waals surface area contributed by atoms with E-state index in [1.165, 1.54) is 0 Å². The summed E-state index contributed by atoms with van der Waals surface area (Å²) in [6, 6.07) is 6.82. The highest BCUT2D eigenvalue weighted by Gasteiger charge is 2.39. The van der Waals surface area contributed by atoms with Crippen molar-refractivity contribution in [2.24, 2.45) is 5.41 Å². The van der Waals surface area contributed by atoms with E-state index in [1.807, 2.05) is 57.5 Å². The zero-order chi connectivity index (χ0) is 27.3. The molecular formula is C28H39N5O4S. The number of thiazole rings is 1. The average molecular weight is 542 g/mol. The summed E-state index contributed by atoms with van der Waals surface area (Å²) in [4.78, 5) is 46.8. The van der Waals surface area contributed by atoms with Gasteiger partial charge in [-0.15, -0.1) is 11.3 Å². The maximum atomic E-state index is 13.7. The maximum Gasteiger partial charge on any atom is 0.251 e. The molecule has 0 aliphatic carbocycles. The van der Waals surface area contributed by atoms with Crippen molar-refractivity contribution in [3.63, 3.8) is 0 Å². The Bertz CT molecular complexity index is 1120. The summed E-state index contributed by atoms with van der Waals surface area (Å²) in [6.07, 6.45) is 1.20. The van der Waals surface area contributed by atoms with Crippen LogP contribution < -0.4 is 16.0 Å². The van der Waals surface area contributed by atoms with Crippen molar-refractivity contribution in [1.82, 2.24) is 25.8 Å². The van der Waals surface area contributed by atoms with Gasteiger partial charge in [-0.3, -0.25) is 14.4 Å². The van der Waals surface area contributed by atoms with E-state index in [0.717, 1.165) is 28.1 Å². The normalized spacial score (nSPS) is 20.7. The van der Waals surface area contributed by atoms with Gasteiger partial charge in [0.2, 0.25) is 11.8 Å². The third kappa shape index (κ3) is 7.18. The zero-order valence-electron chi connectivity index (χ0n) is 22.7. The van der Waals surface area contributed by atoms with Crippen LogP contribution in [0.25, 0.3) is 10.4 Å². The maximum absolute atomic E-state index is 13.7. The van der Waals surface area contributed by atoms with E-state index in [1.54, 1.807) is 16.2 Å². The molecule has 3 amide bonds. The van der Waals surface area contributed by atoms with Gasteiger partial charge in [0.05, 0.1) is 22.7 Å². The molecule has 206 valence electrons. The van der Waals surface area contributed by atoms with Crippen molar-refractivity contribution in [1.29, 1.82) is 0 Å². The number of nitrogens with one attached hydrogen (secondary N) is 3. The Morgan fingerprint density at radius 2 is 1.97 bits per heavy atom. The van der Waals surface area contributed by atoms with Gasteiger partial charge in [0.25, 0.3) is 5.91 Å². The van der Waals surface area contributed by atoms with Gasteiger partial charge in [-0.1, -0.05) is 45.0 Å². The molecule has 0 bridgehead atoms. The molecule has 1 aromatic carbocycles. The Morgan fingerprint density at radius 1 is 1.21 bits per heavy atom. The summed E-state index contributed by atoms with van der Waals surface area (Å²) in [6.45, 7) is 10.6. The SMILES string of the molecule is Cc1ncsc1-c1ccc(CNC(=O)[C@@H]2CCCN2C(=O)[C@H](CC(C)(C)C)NC(=O)C2CNCCO2)cc1. The highest BCUT2D eigenvalue weighted by Crippen LogP contribution is 2.28. The number of rotatable bonds is 8. The molecule has 3 N–H and O–H groups in total. The van der Waals surface area contributed by atoms with E-state index in [2.05, 4.69) is 20.9 Å². The lowest BCUT2D eigenvalue weighted by atomic mass is 9.87. The van der Waals surface area contributed by atoms with Crippen molar-refractivity contribution in [3.8, 4) is 10.4 Å². The van der Waals surface area contributed by atoms with E-state index >= 15 is 0 Å². The van der Waals surface area contributed by atoms with Crippen LogP contribution in [0.4, 0.5) is 0 Å². The molecule has 1 unspecified atom stereocenters. The van der Waals surface area contributed by atoms with Crippen molar-refractivity contribution in [2.45, 2.75) is 71.7 Å². The van der Waals surface area contributed by atoms with Gasteiger partial charge >= 0.3 is 0 Å². The Balaban J connectivity index is 1.38. The number of nitrogens with zero attached hydrogens (tertiary/aromatic N) is 2. The Hall–Kier alpha value is -2.82. The summed E-state index contributed by atoms with van der Waals surface area (Å²) in [7, 11) is 0. The molecule has 0 saturated carbocycles. The lowest BCUT2D eigenvalue weighted by Crippen LogP contribution is -2.57. The van der Waals surface area contributed by atoms with E-state index in [4.69, 9.17) is 4.74 Å². The molecule has 3 atom stereocenters. The molecule has 2 aliphatic rings. The highest BCUT2D eigenvalue weighted by molar-refractivity contribution is 7.13. The van der Waals surface area contributed by atoms with Crippen LogP contribution in [0.2, 0.25) is 0 Å². The molecule has 0 radical (unpaired) electrons. The summed E-state index contributed by atoms with van der Waals surface area (Å²) in [5.41, 5.74) is 4.74. The first-order chi connectivity index (χ1) is 18.1. The monoisotopic (exact) mass is 541 g/mol. The molecular weight excluding hydrogens is 502 g/mol. The molecule has 4 rings (SSSR count). The van der Waals surface area contributed by atoms with E-state index in [9.17, 15) is 14.4 Å². The minimum atomic E-state index is -0.718. The van der Waals surface area contributed by atoms with Gasteiger partial charge in [0.1, 0.15) is 18.2 Å². The molecule has 2 fully saturated rings. The number of aromatic nitrogens is 1. The topological polar surface area (TPSA) is 113 Å². The molecule has 2 aliphatic heterocycles. The van der Waals surface area contributed by atoms with Crippen LogP contribution >= 0.6 is 11.3 Å². The van der Waals surface area contributed by atoms with Crippen LogP contribution in [0.1, 0.15) is 51.3 Å².